The second-order valence-corrected chi connectivity index (χ2v) is 8.03. The van der Waals surface area contributed by atoms with Gasteiger partial charge in [0.1, 0.15) is 29.0 Å². The molecule has 26 heavy (non-hydrogen) atoms. The van der Waals surface area contributed by atoms with E-state index in [4.69, 9.17) is 4.74 Å². The summed E-state index contributed by atoms with van der Waals surface area (Å²) in [7, 11) is 3.39. The molecule has 142 valence electrons. The number of aliphatic hydroxyl groups excluding tert-OH is 1. The average molecular weight is 378 g/mol. The molecule has 1 aromatic heterocycles. The fourth-order valence-corrected chi connectivity index (χ4v) is 2.84. The number of aromatic nitrogens is 2. The molecule has 0 fully saturated rings. The number of aliphatic hydroxyl groups is 1. The van der Waals surface area contributed by atoms with E-state index in [1.54, 1.807) is 26.2 Å². The molecule has 2 N–H and O–H groups in total. The Morgan fingerprint density at radius 1 is 1.38 bits per heavy atom. The molecule has 0 saturated heterocycles. The van der Waals surface area contributed by atoms with Gasteiger partial charge in [0, 0.05) is 31.7 Å². The van der Waals surface area contributed by atoms with Gasteiger partial charge in [-0.05, 0) is 44.4 Å². The van der Waals surface area contributed by atoms with Crippen LogP contribution in [-0.4, -0.2) is 64.4 Å². The minimum Gasteiger partial charge on any atom is -0.491 e. The number of rotatable bonds is 7. The molecular formula is C18H26N4O3S. The highest BCUT2D eigenvalue weighted by atomic mass is 32.1. The fourth-order valence-electron chi connectivity index (χ4n) is 2.13. The minimum atomic E-state index is -0.621. The molecule has 0 aliphatic heterocycles. The van der Waals surface area contributed by atoms with Crippen LogP contribution in [0, 0.1) is 0 Å². The third-order valence-electron chi connectivity index (χ3n) is 3.51. The Morgan fingerprint density at radius 3 is 2.77 bits per heavy atom. The van der Waals surface area contributed by atoms with E-state index < -0.39 is 6.10 Å². The van der Waals surface area contributed by atoms with Crippen LogP contribution in [0.4, 0.5) is 0 Å². The van der Waals surface area contributed by atoms with Crippen LogP contribution in [0.5, 0.6) is 5.75 Å². The van der Waals surface area contributed by atoms with Crippen LogP contribution >= 0.6 is 11.5 Å². The number of nitrogens with one attached hydrogen (secondary N) is 1. The Hall–Kier alpha value is -2.03. The van der Waals surface area contributed by atoms with Gasteiger partial charge in [-0.3, -0.25) is 4.79 Å². The van der Waals surface area contributed by atoms with Crippen molar-refractivity contribution in [1.82, 2.24) is 19.8 Å². The lowest BCUT2D eigenvalue weighted by Crippen LogP contribution is -2.42. The summed E-state index contributed by atoms with van der Waals surface area (Å²) in [6.45, 7) is 6.74. The average Bonchev–Trinajstić information content (AvgIpc) is 3.06. The van der Waals surface area contributed by atoms with Crippen molar-refractivity contribution >= 4 is 17.4 Å². The van der Waals surface area contributed by atoms with Crippen LogP contribution in [0.25, 0.3) is 11.3 Å². The van der Waals surface area contributed by atoms with Crippen molar-refractivity contribution in [2.75, 3.05) is 27.2 Å². The first-order valence-electron chi connectivity index (χ1n) is 8.37. The molecule has 0 aliphatic rings. The highest BCUT2D eigenvalue weighted by Gasteiger charge is 2.20. The molecule has 1 amide bonds. The first-order chi connectivity index (χ1) is 12.2. The van der Waals surface area contributed by atoms with Gasteiger partial charge in [-0.2, -0.15) is 0 Å². The predicted octanol–water partition coefficient (Wildman–Crippen LogP) is 2.03. The van der Waals surface area contributed by atoms with E-state index in [0.717, 1.165) is 17.1 Å². The van der Waals surface area contributed by atoms with Crippen molar-refractivity contribution in [3.63, 3.8) is 0 Å². The molecule has 0 aliphatic carbocycles. The van der Waals surface area contributed by atoms with Gasteiger partial charge in [0.2, 0.25) is 0 Å². The number of carbonyl (C=O) groups is 1. The van der Waals surface area contributed by atoms with Crippen molar-refractivity contribution in [3.8, 4) is 17.0 Å². The number of ether oxygens (including phenoxy) is 1. The van der Waals surface area contributed by atoms with Crippen molar-refractivity contribution in [3.05, 3.63) is 29.1 Å². The number of benzene rings is 1. The molecule has 1 atom stereocenters. The van der Waals surface area contributed by atoms with Crippen LogP contribution in [0.1, 0.15) is 30.4 Å². The molecule has 2 rings (SSSR count). The molecule has 8 heteroatoms. The number of nitrogens with zero attached hydrogens (tertiary/aromatic N) is 3. The molecule has 0 radical (unpaired) electrons. The quantitative estimate of drug-likeness (QED) is 0.767. The maximum Gasteiger partial charge on any atom is 0.267 e. The van der Waals surface area contributed by atoms with E-state index in [2.05, 4.69) is 14.9 Å². The summed E-state index contributed by atoms with van der Waals surface area (Å²) in [5.74, 6) is 0.471. The topological polar surface area (TPSA) is 87.6 Å². The number of hydrogen-bond acceptors (Lipinski definition) is 7. The first kappa shape index (κ1) is 20.3. The van der Waals surface area contributed by atoms with Crippen molar-refractivity contribution in [1.29, 1.82) is 0 Å². The lowest BCUT2D eigenvalue weighted by atomic mass is 10.1. The third-order valence-corrected chi connectivity index (χ3v) is 4.22. The van der Waals surface area contributed by atoms with Gasteiger partial charge in [-0.15, -0.1) is 5.10 Å². The lowest BCUT2D eigenvalue weighted by Gasteiger charge is -2.23. The molecule has 1 aromatic carbocycles. The summed E-state index contributed by atoms with van der Waals surface area (Å²) in [5, 5.41) is 17.4. The van der Waals surface area contributed by atoms with Gasteiger partial charge in [-0.1, -0.05) is 16.6 Å². The zero-order valence-electron chi connectivity index (χ0n) is 15.8. The zero-order valence-corrected chi connectivity index (χ0v) is 16.6. The van der Waals surface area contributed by atoms with Crippen LogP contribution in [-0.2, 0) is 0 Å². The molecule has 7 nitrogen and oxygen atoms in total. The smallest absolute Gasteiger partial charge is 0.267 e. The largest absolute Gasteiger partial charge is 0.491 e. The predicted molar refractivity (Wildman–Crippen MR) is 103 cm³/mol. The standard InChI is InChI=1S/C18H26N4O3S/c1-18(2,3)19-10-13(23)11-25-14-8-6-7-12(9-14)15-16(26-21-20-15)17(24)22(4)5/h6-9,13,19,23H,10-11H2,1-5H3. The SMILES string of the molecule is CN(C)C(=O)c1snnc1-c1cccc(OCC(O)CNC(C)(C)C)c1. The third kappa shape index (κ3) is 5.76. The van der Waals surface area contributed by atoms with Gasteiger partial charge in [0.05, 0.1) is 0 Å². The van der Waals surface area contributed by atoms with E-state index in [9.17, 15) is 9.90 Å². The highest BCUT2D eigenvalue weighted by Crippen LogP contribution is 2.27. The Balaban J connectivity index is 2.05. The van der Waals surface area contributed by atoms with Gasteiger partial charge < -0.3 is 20.1 Å². The zero-order chi connectivity index (χ0) is 19.3. The number of amides is 1. The van der Waals surface area contributed by atoms with Crippen molar-refractivity contribution in [2.24, 2.45) is 0 Å². The summed E-state index contributed by atoms with van der Waals surface area (Å²) in [6, 6.07) is 7.29. The fraction of sp³-hybridized carbons (Fsp3) is 0.500. The Labute approximate surface area is 158 Å². The molecule has 0 spiro atoms. The monoisotopic (exact) mass is 378 g/mol. The summed E-state index contributed by atoms with van der Waals surface area (Å²) in [6.07, 6.45) is -0.621. The highest BCUT2D eigenvalue weighted by molar-refractivity contribution is 7.08. The molecule has 0 bridgehead atoms. The Kier molecular flexibility index (Phi) is 6.69. The Bertz CT molecular complexity index is 740. The summed E-state index contributed by atoms with van der Waals surface area (Å²) in [4.78, 5) is 14.2. The van der Waals surface area contributed by atoms with Gasteiger partial charge in [-0.25, -0.2) is 0 Å². The lowest BCUT2D eigenvalue weighted by molar-refractivity contribution is 0.0832. The summed E-state index contributed by atoms with van der Waals surface area (Å²) < 4.78 is 9.60. The number of carbonyl (C=O) groups excluding carboxylic acids is 1. The van der Waals surface area contributed by atoms with Crippen molar-refractivity contribution in [2.45, 2.75) is 32.4 Å². The van der Waals surface area contributed by atoms with Gasteiger partial charge in [0.25, 0.3) is 5.91 Å². The van der Waals surface area contributed by atoms with E-state index in [0.29, 0.717) is 22.9 Å². The van der Waals surface area contributed by atoms with Gasteiger partial charge >= 0.3 is 0 Å². The minimum absolute atomic E-state index is 0.0616. The van der Waals surface area contributed by atoms with E-state index in [-0.39, 0.29) is 18.1 Å². The Morgan fingerprint density at radius 2 is 2.12 bits per heavy atom. The number of β-amino-alcohol motifs (C(OH)–C–C–N with tert-alkyl or cyclic N) is 1. The second kappa shape index (κ2) is 8.57. The van der Waals surface area contributed by atoms with E-state index in [1.807, 2.05) is 32.9 Å². The maximum absolute atomic E-state index is 12.2. The molecule has 1 heterocycles. The van der Waals surface area contributed by atoms with Gasteiger partial charge in [0.15, 0.2) is 0 Å². The summed E-state index contributed by atoms with van der Waals surface area (Å²) in [5.41, 5.74) is 1.23. The molecular weight excluding hydrogens is 352 g/mol. The van der Waals surface area contributed by atoms with Crippen LogP contribution in [0.3, 0.4) is 0 Å². The van der Waals surface area contributed by atoms with Crippen LogP contribution in [0.2, 0.25) is 0 Å². The van der Waals surface area contributed by atoms with Crippen LogP contribution < -0.4 is 10.1 Å². The van der Waals surface area contributed by atoms with E-state index in [1.165, 1.54) is 4.90 Å². The van der Waals surface area contributed by atoms with E-state index >= 15 is 0 Å². The molecule has 0 saturated carbocycles. The molecule has 1 unspecified atom stereocenters. The van der Waals surface area contributed by atoms with Crippen LogP contribution in [0.15, 0.2) is 24.3 Å². The number of hydrogen-bond donors (Lipinski definition) is 2. The maximum atomic E-state index is 12.2. The second-order valence-electron chi connectivity index (χ2n) is 7.27. The summed E-state index contributed by atoms with van der Waals surface area (Å²) >= 11 is 1.07. The molecule has 2 aromatic rings. The first-order valence-corrected chi connectivity index (χ1v) is 9.15. The van der Waals surface area contributed by atoms with Crippen molar-refractivity contribution < 1.29 is 14.6 Å². The normalized spacial score (nSPS) is 12.7.